The minimum Gasteiger partial charge on any atom is -0.504 e. The van der Waals surface area contributed by atoms with Crippen molar-refractivity contribution in [2.24, 2.45) is 0 Å². The van der Waals surface area contributed by atoms with Gasteiger partial charge in [0.1, 0.15) is 6.33 Å². The number of carbonyl (C=O) groups excluding carboxylic acids is 1. The number of benzene rings is 1. The second kappa shape index (κ2) is 6.59. The monoisotopic (exact) mass is 329 g/mol. The van der Waals surface area contributed by atoms with Gasteiger partial charge in [-0.25, -0.2) is 4.98 Å². The van der Waals surface area contributed by atoms with Gasteiger partial charge in [0.25, 0.3) is 0 Å². The summed E-state index contributed by atoms with van der Waals surface area (Å²) in [5.41, 5.74) is 0.556. The fraction of sp³-hybridized carbons (Fsp3) is 0. The lowest BCUT2D eigenvalue weighted by Crippen LogP contribution is -1.97. The van der Waals surface area contributed by atoms with Crippen molar-refractivity contribution in [2.45, 2.75) is 9.10 Å². The molecule has 0 aliphatic carbocycles. The van der Waals surface area contributed by atoms with Crippen LogP contribution in [-0.4, -0.2) is 26.1 Å². The Morgan fingerprint density at radius 2 is 2.09 bits per heavy atom. The number of allylic oxidation sites excluding steroid dienone is 1. The van der Waals surface area contributed by atoms with Crippen LogP contribution in [0.2, 0.25) is 0 Å². The molecule has 2 N–H and O–H groups in total. The number of thiophene rings is 1. The molecule has 5 nitrogen and oxygen atoms in total. The number of nitrogens with zero attached hydrogens (tertiary/aromatic N) is 2. The van der Waals surface area contributed by atoms with E-state index in [9.17, 15) is 9.90 Å². The van der Waals surface area contributed by atoms with Crippen molar-refractivity contribution in [1.82, 2.24) is 15.2 Å². The van der Waals surface area contributed by atoms with Gasteiger partial charge in [0.2, 0.25) is 5.82 Å². The van der Waals surface area contributed by atoms with Crippen LogP contribution in [0.1, 0.15) is 16.2 Å². The molecule has 7 heteroatoms. The Morgan fingerprint density at radius 3 is 2.82 bits per heavy atom. The summed E-state index contributed by atoms with van der Waals surface area (Å²) in [6, 6.07) is 11.6. The topological polar surface area (TPSA) is 78.9 Å². The van der Waals surface area contributed by atoms with Crippen LogP contribution in [0.15, 0.2) is 63.3 Å². The number of hydrogen-bond acceptors (Lipinski definition) is 6. The number of carbonyl (C=O) groups is 1. The number of hydrogen-bond donors (Lipinski definition) is 2. The summed E-state index contributed by atoms with van der Waals surface area (Å²) in [7, 11) is 0. The smallest absolute Gasteiger partial charge is 0.215 e. The normalized spacial score (nSPS) is 11.5. The van der Waals surface area contributed by atoms with Crippen molar-refractivity contribution in [3.8, 4) is 0 Å². The van der Waals surface area contributed by atoms with E-state index in [2.05, 4.69) is 15.2 Å². The first-order valence-electron chi connectivity index (χ1n) is 6.35. The molecule has 0 aliphatic rings. The number of aromatic amines is 1. The fourth-order valence-electron chi connectivity index (χ4n) is 1.75. The molecule has 22 heavy (non-hydrogen) atoms. The van der Waals surface area contributed by atoms with Crippen LogP contribution >= 0.6 is 23.1 Å². The molecular formula is C15H11N3O2S2. The molecule has 0 saturated heterocycles. The van der Waals surface area contributed by atoms with Gasteiger partial charge in [0.05, 0.1) is 4.21 Å². The van der Waals surface area contributed by atoms with Gasteiger partial charge >= 0.3 is 0 Å². The number of aromatic nitrogens is 3. The molecule has 2 heterocycles. The maximum Gasteiger partial charge on any atom is 0.215 e. The molecule has 0 aliphatic heterocycles. The van der Waals surface area contributed by atoms with E-state index in [0.29, 0.717) is 5.56 Å². The van der Waals surface area contributed by atoms with Crippen molar-refractivity contribution in [3.05, 3.63) is 65.6 Å². The minimum absolute atomic E-state index is 0.0980. The van der Waals surface area contributed by atoms with Gasteiger partial charge < -0.3 is 5.11 Å². The van der Waals surface area contributed by atoms with E-state index >= 15 is 0 Å². The van der Waals surface area contributed by atoms with E-state index in [1.807, 2.05) is 35.7 Å². The number of ketones is 1. The van der Waals surface area contributed by atoms with Gasteiger partial charge in [-0.15, -0.1) is 11.3 Å². The van der Waals surface area contributed by atoms with Gasteiger partial charge in [0.15, 0.2) is 11.5 Å². The third kappa shape index (κ3) is 3.26. The predicted octanol–water partition coefficient (Wildman–Crippen LogP) is 3.80. The van der Waals surface area contributed by atoms with Crippen LogP contribution in [-0.2, 0) is 0 Å². The lowest BCUT2D eigenvalue weighted by molar-refractivity contribution is 0.104. The average Bonchev–Trinajstić information content (AvgIpc) is 3.19. The molecule has 0 radical (unpaired) electrons. The van der Waals surface area contributed by atoms with Gasteiger partial charge in [-0.05, 0) is 23.6 Å². The van der Waals surface area contributed by atoms with Crippen molar-refractivity contribution < 1.29 is 9.90 Å². The molecule has 3 rings (SSSR count). The third-order valence-corrected chi connectivity index (χ3v) is 4.92. The molecule has 0 saturated carbocycles. The van der Waals surface area contributed by atoms with E-state index in [4.69, 9.17) is 0 Å². The average molecular weight is 329 g/mol. The highest BCUT2D eigenvalue weighted by Crippen LogP contribution is 2.35. The second-order valence-electron chi connectivity index (χ2n) is 4.25. The van der Waals surface area contributed by atoms with Crippen molar-refractivity contribution in [3.63, 3.8) is 0 Å². The summed E-state index contributed by atoms with van der Waals surface area (Å²) in [6.07, 6.45) is 2.48. The summed E-state index contributed by atoms with van der Waals surface area (Å²) in [4.78, 5) is 17.2. The zero-order valence-electron chi connectivity index (χ0n) is 11.3. The highest BCUT2D eigenvalue weighted by Gasteiger charge is 2.14. The largest absolute Gasteiger partial charge is 0.504 e. The van der Waals surface area contributed by atoms with Gasteiger partial charge in [-0.2, -0.15) is 5.10 Å². The van der Waals surface area contributed by atoms with E-state index in [0.717, 1.165) is 15.2 Å². The highest BCUT2D eigenvalue weighted by atomic mass is 32.2. The fourth-order valence-corrected chi connectivity index (χ4v) is 3.81. The maximum atomic E-state index is 12.3. The van der Waals surface area contributed by atoms with Gasteiger partial charge in [-0.3, -0.25) is 9.89 Å². The number of nitrogens with one attached hydrogen (secondary N) is 1. The molecule has 0 fully saturated rings. The third-order valence-electron chi connectivity index (χ3n) is 2.76. The number of aliphatic hydroxyl groups is 1. The molecular weight excluding hydrogens is 318 g/mol. The molecule has 0 unspecified atom stereocenters. The molecule has 0 amide bonds. The van der Waals surface area contributed by atoms with E-state index < -0.39 is 0 Å². The number of rotatable bonds is 5. The quantitative estimate of drug-likeness (QED) is 0.423. The SMILES string of the molecule is O=C(C=C(O)c1nc[nH]n1)c1ccsc1Sc1ccccc1. The summed E-state index contributed by atoms with van der Waals surface area (Å²) >= 11 is 3.01. The first-order chi connectivity index (χ1) is 10.7. The highest BCUT2D eigenvalue weighted by molar-refractivity contribution is 8.01. The van der Waals surface area contributed by atoms with Crippen molar-refractivity contribution >= 4 is 34.6 Å². The standard InChI is InChI=1S/C15H11N3O2S2/c19-12(8-13(20)14-16-9-17-18-14)11-6-7-21-15(11)22-10-4-2-1-3-5-10/h1-9,20H,(H,16,17,18). The molecule has 2 aromatic heterocycles. The summed E-state index contributed by atoms with van der Waals surface area (Å²) in [5.74, 6) is -0.434. The lowest BCUT2D eigenvalue weighted by Gasteiger charge is -2.01. The van der Waals surface area contributed by atoms with Crippen molar-refractivity contribution in [2.75, 3.05) is 0 Å². The Bertz CT molecular complexity index is 795. The molecule has 0 atom stereocenters. The Hall–Kier alpha value is -2.38. The molecule has 110 valence electrons. The second-order valence-corrected chi connectivity index (χ2v) is 6.51. The number of H-pyrrole nitrogens is 1. The first kappa shape index (κ1) is 14.6. The van der Waals surface area contributed by atoms with E-state index in [-0.39, 0.29) is 17.4 Å². The summed E-state index contributed by atoms with van der Waals surface area (Å²) in [5, 5.41) is 17.9. The Morgan fingerprint density at radius 1 is 1.27 bits per heavy atom. The zero-order chi connectivity index (χ0) is 15.4. The van der Waals surface area contributed by atoms with Crippen LogP contribution in [0, 0.1) is 0 Å². The zero-order valence-corrected chi connectivity index (χ0v) is 12.9. The summed E-state index contributed by atoms with van der Waals surface area (Å²) < 4.78 is 0.884. The Balaban J connectivity index is 1.82. The van der Waals surface area contributed by atoms with Crippen LogP contribution in [0.5, 0.6) is 0 Å². The van der Waals surface area contributed by atoms with Crippen LogP contribution in [0.25, 0.3) is 5.76 Å². The molecule has 0 bridgehead atoms. The number of aliphatic hydroxyl groups excluding tert-OH is 1. The maximum absolute atomic E-state index is 12.3. The Labute approximate surface area is 134 Å². The van der Waals surface area contributed by atoms with Crippen LogP contribution < -0.4 is 0 Å². The summed E-state index contributed by atoms with van der Waals surface area (Å²) in [6.45, 7) is 0. The molecule has 3 aromatic rings. The first-order valence-corrected chi connectivity index (χ1v) is 8.05. The molecule has 0 spiro atoms. The van der Waals surface area contributed by atoms with Crippen LogP contribution in [0.3, 0.4) is 0 Å². The van der Waals surface area contributed by atoms with Gasteiger partial charge in [-0.1, -0.05) is 30.0 Å². The Kier molecular flexibility index (Phi) is 4.36. The predicted molar refractivity (Wildman–Crippen MR) is 86.2 cm³/mol. The van der Waals surface area contributed by atoms with Gasteiger partial charge in [0, 0.05) is 16.5 Å². The van der Waals surface area contributed by atoms with Crippen LogP contribution in [0.4, 0.5) is 0 Å². The minimum atomic E-state index is -0.276. The van der Waals surface area contributed by atoms with E-state index in [1.54, 1.807) is 6.07 Å². The molecule has 1 aromatic carbocycles. The lowest BCUT2D eigenvalue weighted by atomic mass is 10.2. The van der Waals surface area contributed by atoms with Crippen molar-refractivity contribution in [1.29, 1.82) is 0 Å². The van der Waals surface area contributed by atoms with E-state index in [1.165, 1.54) is 29.4 Å².